The fourth-order valence-corrected chi connectivity index (χ4v) is 7.06. The van der Waals surface area contributed by atoms with E-state index in [2.05, 4.69) is 26.0 Å². The molecular formula is C27H46O4. The number of aliphatic hydroxyl groups excluding tert-OH is 3. The van der Waals surface area contributed by atoms with Crippen molar-refractivity contribution >= 4 is 0 Å². The van der Waals surface area contributed by atoms with E-state index >= 15 is 0 Å². The third kappa shape index (κ3) is 5.82. The normalized spacial score (nSPS) is 38.9. The monoisotopic (exact) mass is 434 g/mol. The maximum Gasteiger partial charge on any atom is 0.0652 e. The third-order valence-corrected chi connectivity index (χ3v) is 8.85. The summed E-state index contributed by atoms with van der Waals surface area (Å²) < 4.78 is 0. The fourth-order valence-electron chi connectivity index (χ4n) is 7.06. The predicted octanol–water partition coefficient (Wildman–Crippen LogP) is 4.76. The zero-order chi connectivity index (χ0) is 22.8. The summed E-state index contributed by atoms with van der Waals surface area (Å²) in [6.45, 7) is 8.59. The fraction of sp³-hybridized carbons (Fsp3) is 0.852. The lowest BCUT2D eigenvalue weighted by atomic mass is 9.60. The van der Waals surface area contributed by atoms with E-state index in [0.29, 0.717) is 30.1 Å². The minimum Gasteiger partial charge on any atom is -0.396 e. The van der Waals surface area contributed by atoms with Crippen molar-refractivity contribution in [2.75, 3.05) is 6.61 Å². The molecule has 3 rings (SSSR count). The maximum absolute atomic E-state index is 10.3. The molecule has 0 spiro atoms. The van der Waals surface area contributed by atoms with Crippen LogP contribution >= 0.6 is 0 Å². The first-order valence-corrected chi connectivity index (χ1v) is 12.6. The molecule has 0 aromatic rings. The third-order valence-electron chi connectivity index (χ3n) is 8.85. The van der Waals surface area contributed by atoms with Crippen LogP contribution in [-0.4, -0.2) is 44.8 Å². The zero-order valence-corrected chi connectivity index (χ0v) is 20.2. The molecule has 4 N–H and O–H groups in total. The van der Waals surface area contributed by atoms with Gasteiger partial charge in [0.05, 0.1) is 24.4 Å². The molecule has 0 bridgehead atoms. The molecule has 3 saturated carbocycles. The molecule has 0 aromatic heterocycles. The van der Waals surface area contributed by atoms with Gasteiger partial charge in [-0.25, -0.2) is 0 Å². The van der Waals surface area contributed by atoms with Crippen molar-refractivity contribution in [2.24, 2.45) is 29.1 Å². The first-order chi connectivity index (χ1) is 14.5. The van der Waals surface area contributed by atoms with E-state index in [1.54, 1.807) is 5.57 Å². The minimum absolute atomic E-state index is 0.160. The Balaban J connectivity index is 1.66. The molecule has 0 aromatic carbocycles. The van der Waals surface area contributed by atoms with Gasteiger partial charge in [0.2, 0.25) is 0 Å². The molecule has 3 aliphatic rings. The van der Waals surface area contributed by atoms with Gasteiger partial charge in [-0.3, -0.25) is 0 Å². The number of rotatable bonds is 7. The van der Waals surface area contributed by atoms with Gasteiger partial charge in [0, 0.05) is 5.92 Å². The zero-order valence-electron chi connectivity index (χ0n) is 20.2. The van der Waals surface area contributed by atoms with Crippen LogP contribution in [0.1, 0.15) is 91.9 Å². The lowest BCUT2D eigenvalue weighted by Crippen LogP contribution is -2.39. The van der Waals surface area contributed by atoms with Crippen LogP contribution in [0.3, 0.4) is 0 Å². The van der Waals surface area contributed by atoms with Crippen LogP contribution in [0.5, 0.6) is 0 Å². The Labute approximate surface area is 189 Å². The Morgan fingerprint density at radius 1 is 1.13 bits per heavy atom. The number of hydrogen-bond donors (Lipinski definition) is 4. The molecule has 178 valence electrons. The second-order valence-corrected chi connectivity index (χ2v) is 11.7. The molecule has 0 amide bonds. The molecule has 0 unspecified atom stereocenters. The standard InChI is InChI=1S/C27H46O4/c1-18(7-5-13-26(2,3)31)22-11-12-23-20(8-6-14-27(22,23)4)10-9-19-15-24(29)21(17-28)25(30)16-19/h9-10,18,21-25,28-31H,5-8,11-17H2,1-4H3/b19-9?,20-10+/t18-,21?,22-,23+,24-,25-,27-/m1/s1. The van der Waals surface area contributed by atoms with Gasteiger partial charge < -0.3 is 20.4 Å². The van der Waals surface area contributed by atoms with E-state index < -0.39 is 23.7 Å². The SMILES string of the molecule is C[C@H](CCCC(C)(C)O)[C@H]1CC[C@H]2/C(=C/C=C3C[C@@H](O)C(CO)[C@H](O)C3)CCC[C@]12C. The van der Waals surface area contributed by atoms with Crippen LogP contribution in [0, 0.1) is 29.1 Å². The van der Waals surface area contributed by atoms with E-state index in [9.17, 15) is 20.4 Å². The van der Waals surface area contributed by atoms with Gasteiger partial charge in [0.1, 0.15) is 0 Å². The lowest BCUT2D eigenvalue weighted by molar-refractivity contribution is -0.0312. The molecule has 3 aliphatic carbocycles. The average molecular weight is 435 g/mol. The Hall–Kier alpha value is -0.680. The maximum atomic E-state index is 10.3. The van der Waals surface area contributed by atoms with Gasteiger partial charge in [-0.1, -0.05) is 50.0 Å². The molecular weight excluding hydrogens is 388 g/mol. The van der Waals surface area contributed by atoms with Crippen LogP contribution in [0.4, 0.5) is 0 Å². The summed E-state index contributed by atoms with van der Waals surface area (Å²) in [5, 5.41) is 39.9. The quantitative estimate of drug-likeness (QED) is 0.466. The van der Waals surface area contributed by atoms with Crippen molar-refractivity contribution in [3.8, 4) is 0 Å². The van der Waals surface area contributed by atoms with Gasteiger partial charge in [-0.2, -0.15) is 0 Å². The van der Waals surface area contributed by atoms with Crippen molar-refractivity contribution in [1.29, 1.82) is 0 Å². The molecule has 4 heteroatoms. The molecule has 6 atom stereocenters. The van der Waals surface area contributed by atoms with E-state index in [4.69, 9.17) is 0 Å². The van der Waals surface area contributed by atoms with Gasteiger partial charge >= 0.3 is 0 Å². The molecule has 0 heterocycles. The summed E-state index contributed by atoms with van der Waals surface area (Å²) in [5.41, 5.74) is 2.46. The lowest BCUT2D eigenvalue weighted by Gasteiger charge is -2.44. The second kappa shape index (κ2) is 10.1. The van der Waals surface area contributed by atoms with Crippen LogP contribution in [-0.2, 0) is 0 Å². The summed E-state index contributed by atoms with van der Waals surface area (Å²) in [4.78, 5) is 0. The topological polar surface area (TPSA) is 80.9 Å². The Morgan fingerprint density at radius 2 is 1.81 bits per heavy atom. The smallest absolute Gasteiger partial charge is 0.0652 e. The molecule has 31 heavy (non-hydrogen) atoms. The largest absolute Gasteiger partial charge is 0.396 e. The molecule has 0 saturated heterocycles. The van der Waals surface area contributed by atoms with Crippen LogP contribution in [0.25, 0.3) is 0 Å². The summed E-state index contributed by atoms with van der Waals surface area (Å²) in [6.07, 6.45) is 13.7. The van der Waals surface area contributed by atoms with Crippen LogP contribution in [0.15, 0.2) is 23.3 Å². The average Bonchev–Trinajstić information content (AvgIpc) is 3.02. The van der Waals surface area contributed by atoms with E-state index in [1.807, 2.05) is 13.8 Å². The Morgan fingerprint density at radius 3 is 2.42 bits per heavy atom. The van der Waals surface area contributed by atoms with Crippen LogP contribution < -0.4 is 0 Å². The number of hydrogen-bond acceptors (Lipinski definition) is 4. The van der Waals surface area contributed by atoms with E-state index in [0.717, 1.165) is 30.8 Å². The molecule has 4 nitrogen and oxygen atoms in total. The van der Waals surface area contributed by atoms with E-state index in [1.165, 1.54) is 32.1 Å². The predicted molar refractivity (Wildman–Crippen MR) is 125 cm³/mol. The number of aliphatic hydroxyl groups is 4. The summed E-state index contributed by atoms with van der Waals surface area (Å²) in [5.74, 6) is 1.66. The Kier molecular flexibility index (Phi) is 8.11. The summed E-state index contributed by atoms with van der Waals surface area (Å²) >= 11 is 0. The highest BCUT2D eigenvalue weighted by molar-refractivity contribution is 5.26. The van der Waals surface area contributed by atoms with Gasteiger partial charge in [-0.15, -0.1) is 0 Å². The minimum atomic E-state index is -0.657. The number of allylic oxidation sites excluding steroid dienone is 3. The molecule has 0 radical (unpaired) electrons. The summed E-state index contributed by atoms with van der Waals surface area (Å²) in [6, 6.07) is 0. The molecule has 0 aliphatic heterocycles. The van der Waals surface area contributed by atoms with Gasteiger partial charge in [0.15, 0.2) is 0 Å². The Bertz CT molecular complexity index is 647. The second-order valence-electron chi connectivity index (χ2n) is 11.7. The van der Waals surface area contributed by atoms with Crippen molar-refractivity contribution < 1.29 is 20.4 Å². The van der Waals surface area contributed by atoms with Crippen molar-refractivity contribution in [3.05, 3.63) is 23.3 Å². The molecule has 3 fully saturated rings. The van der Waals surface area contributed by atoms with Gasteiger partial charge in [-0.05, 0) is 88.4 Å². The number of fused-ring (bicyclic) bond motifs is 1. The van der Waals surface area contributed by atoms with E-state index in [-0.39, 0.29) is 6.61 Å². The van der Waals surface area contributed by atoms with Gasteiger partial charge in [0.25, 0.3) is 0 Å². The first-order valence-electron chi connectivity index (χ1n) is 12.6. The van der Waals surface area contributed by atoms with Crippen molar-refractivity contribution in [1.82, 2.24) is 0 Å². The highest BCUT2D eigenvalue weighted by Crippen LogP contribution is 2.60. The highest BCUT2D eigenvalue weighted by Gasteiger charge is 2.50. The highest BCUT2D eigenvalue weighted by atomic mass is 16.3. The van der Waals surface area contributed by atoms with Crippen molar-refractivity contribution in [2.45, 2.75) is 110 Å². The van der Waals surface area contributed by atoms with Crippen molar-refractivity contribution in [3.63, 3.8) is 0 Å². The first kappa shape index (κ1) is 25.0. The summed E-state index contributed by atoms with van der Waals surface area (Å²) in [7, 11) is 0. The van der Waals surface area contributed by atoms with Crippen LogP contribution in [0.2, 0.25) is 0 Å².